The van der Waals surface area contributed by atoms with Gasteiger partial charge in [0.2, 0.25) is 0 Å². The molecule has 0 spiro atoms. The Kier molecular flexibility index (Phi) is 0.982. The van der Waals surface area contributed by atoms with Crippen LogP contribution < -0.4 is 0 Å². The highest BCUT2D eigenvalue weighted by Gasteiger charge is 2.44. The van der Waals surface area contributed by atoms with Gasteiger partial charge < -0.3 is 0 Å². The highest BCUT2D eigenvalue weighted by Crippen LogP contribution is 2.53. The molecule has 0 heterocycles. The second kappa shape index (κ2) is 1.82. The van der Waals surface area contributed by atoms with Gasteiger partial charge in [0.05, 0.1) is 0 Å². The van der Waals surface area contributed by atoms with E-state index in [-0.39, 0.29) is 0 Å². The van der Waals surface area contributed by atoms with Gasteiger partial charge >= 0.3 is 0 Å². The fourth-order valence-corrected chi connectivity index (χ4v) is 2.82. The minimum absolute atomic E-state index is 0.567. The monoisotopic (exact) mass is 156 g/mol. The van der Waals surface area contributed by atoms with Crippen LogP contribution in [-0.4, -0.2) is 0 Å². The summed E-state index contributed by atoms with van der Waals surface area (Å²) in [7, 11) is 0. The molecule has 1 fully saturated rings. The van der Waals surface area contributed by atoms with Crippen LogP contribution in [0.1, 0.15) is 0 Å². The molecule has 0 radical (unpaired) electrons. The number of allylic oxidation sites excluding steroid dienone is 6. The van der Waals surface area contributed by atoms with Crippen LogP contribution in [0, 0.1) is 23.7 Å². The molecule has 5 aliphatic rings. The maximum Gasteiger partial charge on any atom is 0.00809 e. The van der Waals surface area contributed by atoms with Gasteiger partial charge in [0.15, 0.2) is 0 Å². The summed E-state index contributed by atoms with van der Waals surface area (Å²) in [6, 6.07) is 0. The molecule has 0 nitrogen and oxygen atoms in total. The lowest BCUT2D eigenvalue weighted by Gasteiger charge is -2.48. The molecule has 4 unspecified atom stereocenters. The van der Waals surface area contributed by atoms with Crippen molar-refractivity contribution in [1.82, 2.24) is 0 Å². The van der Waals surface area contributed by atoms with Crippen LogP contribution in [0.3, 0.4) is 0 Å². The van der Waals surface area contributed by atoms with Crippen LogP contribution in [0.5, 0.6) is 0 Å². The van der Waals surface area contributed by atoms with Crippen molar-refractivity contribution in [2.45, 2.75) is 0 Å². The lowest BCUT2D eigenvalue weighted by molar-refractivity contribution is 0.359. The van der Waals surface area contributed by atoms with E-state index >= 15 is 0 Å². The first-order chi connectivity index (χ1) is 5.79. The predicted octanol–water partition coefficient (Wildman–Crippen LogP) is 2.72. The molecule has 1 saturated carbocycles. The molecule has 12 heavy (non-hydrogen) atoms. The summed E-state index contributed by atoms with van der Waals surface area (Å²) in [6.07, 6.45) is 9.25. The standard InChI is InChI=1S/C12H12/c1-7-9-3-5-11-8(2)12(9)6-4-10(7)11/h3-6,9-12H,1-2H2. The average Bonchev–Trinajstić information content (AvgIpc) is 2.03. The summed E-state index contributed by atoms with van der Waals surface area (Å²) < 4.78 is 0. The zero-order valence-electron chi connectivity index (χ0n) is 7.03. The van der Waals surface area contributed by atoms with Crippen LogP contribution >= 0.6 is 0 Å². The Morgan fingerprint density at radius 1 is 0.667 bits per heavy atom. The average molecular weight is 156 g/mol. The van der Waals surface area contributed by atoms with E-state index in [2.05, 4.69) is 37.5 Å². The van der Waals surface area contributed by atoms with Gasteiger partial charge in [-0.3, -0.25) is 0 Å². The Hall–Kier alpha value is -1.04. The molecule has 0 saturated heterocycles. The van der Waals surface area contributed by atoms with E-state index < -0.39 is 0 Å². The molecule has 5 rings (SSSR count). The van der Waals surface area contributed by atoms with Gasteiger partial charge in [-0.25, -0.2) is 0 Å². The van der Waals surface area contributed by atoms with Crippen LogP contribution in [-0.2, 0) is 0 Å². The lowest BCUT2D eigenvalue weighted by Crippen LogP contribution is -2.39. The van der Waals surface area contributed by atoms with Crippen molar-refractivity contribution in [2.75, 3.05) is 0 Å². The van der Waals surface area contributed by atoms with Crippen molar-refractivity contribution in [3.8, 4) is 0 Å². The van der Waals surface area contributed by atoms with Crippen molar-refractivity contribution in [2.24, 2.45) is 23.7 Å². The van der Waals surface area contributed by atoms with Crippen LogP contribution in [0.15, 0.2) is 48.6 Å². The maximum atomic E-state index is 4.17. The van der Waals surface area contributed by atoms with E-state index in [4.69, 9.17) is 0 Å². The van der Waals surface area contributed by atoms with E-state index in [0.29, 0.717) is 23.7 Å². The van der Waals surface area contributed by atoms with Crippen LogP contribution in [0.2, 0.25) is 0 Å². The summed E-state index contributed by atoms with van der Waals surface area (Å²) in [5, 5.41) is 0. The quantitative estimate of drug-likeness (QED) is 0.473. The highest BCUT2D eigenvalue weighted by atomic mass is 14.5. The second-order valence-electron chi connectivity index (χ2n) is 4.02. The van der Waals surface area contributed by atoms with Crippen LogP contribution in [0.25, 0.3) is 0 Å². The summed E-state index contributed by atoms with van der Waals surface area (Å²) in [6.45, 7) is 8.34. The third-order valence-corrected chi connectivity index (χ3v) is 3.54. The topological polar surface area (TPSA) is 0 Å². The molecule has 0 aromatic heterocycles. The first-order valence-corrected chi connectivity index (χ1v) is 4.53. The minimum Gasteiger partial charge on any atom is -0.0986 e. The highest BCUT2D eigenvalue weighted by molar-refractivity contribution is 5.45. The van der Waals surface area contributed by atoms with Gasteiger partial charge in [-0.2, -0.15) is 0 Å². The van der Waals surface area contributed by atoms with Crippen molar-refractivity contribution < 1.29 is 0 Å². The largest absolute Gasteiger partial charge is 0.0986 e. The zero-order chi connectivity index (χ0) is 8.29. The smallest absolute Gasteiger partial charge is 0.00809 e. The molecule has 0 aromatic carbocycles. The van der Waals surface area contributed by atoms with E-state index in [9.17, 15) is 0 Å². The van der Waals surface area contributed by atoms with Crippen molar-refractivity contribution in [1.29, 1.82) is 0 Å². The Morgan fingerprint density at radius 2 is 0.917 bits per heavy atom. The molecule has 0 N–H and O–H groups in total. The first-order valence-electron chi connectivity index (χ1n) is 4.53. The predicted molar refractivity (Wildman–Crippen MR) is 50.5 cm³/mol. The van der Waals surface area contributed by atoms with Crippen molar-refractivity contribution >= 4 is 0 Å². The number of hydrogen-bond acceptors (Lipinski definition) is 0. The van der Waals surface area contributed by atoms with Gasteiger partial charge in [0, 0.05) is 23.7 Å². The Bertz CT molecular complexity index is 268. The Balaban J connectivity index is 2.26. The fourth-order valence-electron chi connectivity index (χ4n) is 2.82. The molecule has 4 bridgehead atoms. The van der Waals surface area contributed by atoms with E-state index in [1.807, 2.05) is 0 Å². The number of hydrogen-bond donors (Lipinski definition) is 0. The molecule has 0 aliphatic heterocycles. The van der Waals surface area contributed by atoms with Gasteiger partial charge in [-0.1, -0.05) is 48.6 Å². The molecule has 0 heteroatoms. The van der Waals surface area contributed by atoms with Gasteiger partial charge in [-0.05, 0) is 0 Å². The molecular formula is C12H12. The molecule has 0 amide bonds. The lowest BCUT2D eigenvalue weighted by atomic mass is 9.55. The summed E-state index contributed by atoms with van der Waals surface area (Å²) in [5.41, 5.74) is 2.81. The Morgan fingerprint density at radius 3 is 1.17 bits per heavy atom. The van der Waals surface area contributed by atoms with Gasteiger partial charge in [-0.15, -0.1) is 0 Å². The fraction of sp³-hybridized carbons (Fsp3) is 0.333. The summed E-state index contributed by atoms with van der Waals surface area (Å²) >= 11 is 0. The van der Waals surface area contributed by atoms with Gasteiger partial charge in [0.1, 0.15) is 0 Å². The molecule has 0 aromatic rings. The molecular weight excluding hydrogens is 144 g/mol. The van der Waals surface area contributed by atoms with E-state index in [0.717, 1.165) is 0 Å². The normalized spacial score (nSPS) is 47.7. The van der Waals surface area contributed by atoms with Crippen LogP contribution in [0.4, 0.5) is 0 Å². The van der Waals surface area contributed by atoms with Gasteiger partial charge in [0.25, 0.3) is 0 Å². The maximum absolute atomic E-state index is 4.17. The van der Waals surface area contributed by atoms with E-state index in [1.165, 1.54) is 11.1 Å². The minimum atomic E-state index is 0.567. The third-order valence-electron chi connectivity index (χ3n) is 3.54. The summed E-state index contributed by atoms with van der Waals surface area (Å²) in [4.78, 5) is 0. The van der Waals surface area contributed by atoms with Crippen molar-refractivity contribution in [3.63, 3.8) is 0 Å². The molecule has 60 valence electrons. The van der Waals surface area contributed by atoms with E-state index in [1.54, 1.807) is 0 Å². The summed E-state index contributed by atoms with van der Waals surface area (Å²) in [5.74, 6) is 2.27. The van der Waals surface area contributed by atoms with Crippen molar-refractivity contribution in [3.05, 3.63) is 48.6 Å². The molecule has 5 aliphatic carbocycles. The molecule has 4 atom stereocenters. The Labute approximate surface area is 73.0 Å². The number of rotatable bonds is 0. The SMILES string of the molecule is C=C1C2C=CC3C(=C)C2C=CC13. The zero-order valence-corrected chi connectivity index (χ0v) is 7.03. The second-order valence-corrected chi connectivity index (χ2v) is 4.02. The first kappa shape index (κ1) is 6.47. The third kappa shape index (κ3) is 0.523.